The minimum absolute atomic E-state index is 0.00611. The van der Waals surface area contributed by atoms with Crippen LogP contribution in [0.25, 0.3) is 21.0 Å². The van der Waals surface area contributed by atoms with Crippen molar-refractivity contribution in [3.63, 3.8) is 0 Å². The summed E-state index contributed by atoms with van der Waals surface area (Å²) in [5.41, 5.74) is 9.24. The zero-order valence-corrected chi connectivity index (χ0v) is 20.3. The first kappa shape index (κ1) is 23.0. The number of pyridine rings is 1. The molecule has 0 unspecified atom stereocenters. The maximum atomic E-state index is 12.9. The highest BCUT2D eigenvalue weighted by Gasteiger charge is 2.16. The fourth-order valence-corrected chi connectivity index (χ4v) is 4.75. The Morgan fingerprint density at radius 1 is 1.11 bits per heavy atom. The van der Waals surface area contributed by atoms with Gasteiger partial charge in [-0.1, -0.05) is 35.9 Å². The van der Waals surface area contributed by atoms with Gasteiger partial charge in [0.25, 0.3) is 5.91 Å². The van der Waals surface area contributed by atoms with Gasteiger partial charge in [-0.25, -0.2) is 15.0 Å². The van der Waals surface area contributed by atoms with E-state index in [1.807, 2.05) is 60.0 Å². The van der Waals surface area contributed by atoms with E-state index in [2.05, 4.69) is 20.6 Å². The van der Waals surface area contributed by atoms with Crippen molar-refractivity contribution in [2.45, 2.75) is 13.2 Å². The zero-order chi connectivity index (χ0) is 24.4. The standard InChI is InChI=1S/C25H21ClN6O2S/c1-34-13-15-10-16(26)6-7-18(15)28-12-20-17-5-3-2-4-14(17)11-21(29-20)31-25(33)24-30-19-8-9-35-22(19)23(27)32-24/h2-11,28H,12-13H2,1H3,(H2,27,30,32)(H,29,31,33). The minimum atomic E-state index is -0.480. The second-order valence-electron chi connectivity index (χ2n) is 7.78. The summed E-state index contributed by atoms with van der Waals surface area (Å²) in [5.74, 6) is 0.188. The molecule has 0 fully saturated rings. The monoisotopic (exact) mass is 504 g/mol. The molecule has 4 N–H and O–H groups in total. The van der Waals surface area contributed by atoms with E-state index in [1.54, 1.807) is 7.11 Å². The van der Waals surface area contributed by atoms with Crippen LogP contribution < -0.4 is 16.4 Å². The third-order valence-electron chi connectivity index (χ3n) is 5.41. The number of hydrogen-bond donors (Lipinski definition) is 3. The van der Waals surface area contributed by atoms with Crippen LogP contribution >= 0.6 is 22.9 Å². The quantitative estimate of drug-likeness (QED) is 0.268. The third-order valence-corrected chi connectivity index (χ3v) is 6.57. The molecule has 0 saturated heterocycles. The number of thiophene rings is 1. The number of anilines is 3. The molecule has 0 aliphatic carbocycles. The van der Waals surface area contributed by atoms with Gasteiger partial charge in [0.05, 0.1) is 29.1 Å². The topological polar surface area (TPSA) is 115 Å². The van der Waals surface area contributed by atoms with E-state index in [1.165, 1.54) is 11.3 Å². The van der Waals surface area contributed by atoms with Crippen molar-refractivity contribution in [3.05, 3.63) is 82.1 Å². The van der Waals surface area contributed by atoms with Crippen LogP contribution in [0.2, 0.25) is 5.02 Å². The summed E-state index contributed by atoms with van der Waals surface area (Å²) in [7, 11) is 1.64. The van der Waals surface area contributed by atoms with Crippen molar-refractivity contribution in [3.8, 4) is 0 Å². The van der Waals surface area contributed by atoms with Crippen LogP contribution in [0.5, 0.6) is 0 Å². The van der Waals surface area contributed by atoms with Crippen molar-refractivity contribution in [2.75, 3.05) is 23.5 Å². The molecule has 0 saturated carbocycles. The summed E-state index contributed by atoms with van der Waals surface area (Å²) >= 11 is 7.58. The van der Waals surface area contributed by atoms with Crippen LogP contribution in [0, 0.1) is 0 Å². The molecule has 3 heterocycles. The van der Waals surface area contributed by atoms with Crippen LogP contribution in [-0.4, -0.2) is 28.0 Å². The summed E-state index contributed by atoms with van der Waals surface area (Å²) < 4.78 is 6.06. The first-order chi connectivity index (χ1) is 17.0. The zero-order valence-electron chi connectivity index (χ0n) is 18.7. The molecule has 1 amide bonds. The molecule has 8 nitrogen and oxygen atoms in total. The molecule has 10 heteroatoms. The fraction of sp³-hybridized carbons (Fsp3) is 0.120. The normalized spacial score (nSPS) is 11.1. The van der Waals surface area contributed by atoms with E-state index in [9.17, 15) is 4.79 Å². The molecule has 35 heavy (non-hydrogen) atoms. The molecule has 176 valence electrons. The predicted octanol–water partition coefficient (Wildman–Crippen LogP) is 5.49. The van der Waals surface area contributed by atoms with Gasteiger partial charge < -0.3 is 21.1 Å². The average molecular weight is 505 g/mol. The lowest BCUT2D eigenvalue weighted by Gasteiger charge is -2.14. The molecule has 0 atom stereocenters. The van der Waals surface area contributed by atoms with Gasteiger partial charge in [0, 0.05) is 28.8 Å². The Labute approximate surface area is 210 Å². The third kappa shape index (κ3) is 4.88. The average Bonchev–Trinajstić information content (AvgIpc) is 3.33. The Bertz CT molecular complexity index is 1550. The number of nitrogen functional groups attached to an aromatic ring is 1. The van der Waals surface area contributed by atoms with Crippen LogP contribution in [-0.2, 0) is 17.9 Å². The number of carbonyl (C=O) groups is 1. The summed E-state index contributed by atoms with van der Waals surface area (Å²) in [6.07, 6.45) is 0. The number of amides is 1. The lowest BCUT2D eigenvalue weighted by Crippen LogP contribution is -2.18. The number of fused-ring (bicyclic) bond motifs is 2. The summed E-state index contributed by atoms with van der Waals surface area (Å²) in [6, 6.07) is 17.1. The van der Waals surface area contributed by atoms with Crippen molar-refractivity contribution in [1.29, 1.82) is 0 Å². The van der Waals surface area contributed by atoms with E-state index >= 15 is 0 Å². The molecule has 5 aromatic rings. The Morgan fingerprint density at radius 2 is 1.97 bits per heavy atom. The summed E-state index contributed by atoms with van der Waals surface area (Å²) in [4.78, 5) is 26.1. The highest BCUT2D eigenvalue weighted by Crippen LogP contribution is 2.26. The first-order valence-corrected chi connectivity index (χ1v) is 12.0. The lowest BCUT2D eigenvalue weighted by atomic mass is 10.1. The van der Waals surface area contributed by atoms with Gasteiger partial charge in [-0.05, 0) is 41.1 Å². The van der Waals surface area contributed by atoms with Crippen LogP contribution in [0.3, 0.4) is 0 Å². The molecular weight excluding hydrogens is 484 g/mol. The molecule has 0 aliphatic rings. The molecule has 5 rings (SSSR count). The largest absolute Gasteiger partial charge is 0.382 e. The molecule has 2 aromatic carbocycles. The van der Waals surface area contributed by atoms with E-state index in [4.69, 9.17) is 27.1 Å². The van der Waals surface area contributed by atoms with Gasteiger partial charge in [-0.15, -0.1) is 11.3 Å². The Hall–Kier alpha value is -3.79. The smallest absolute Gasteiger partial charge is 0.294 e. The Kier molecular flexibility index (Phi) is 6.45. The number of methoxy groups -OCH3 is 1. The van der Waals surface area contributed by atoms with Crippen LogP contribution in [0.1, 0.15) is 21.9 Å². The fourth-order valence-electron chi connectivity index (χ4n) is 3.82. The van der Waals surface area contributed by atoms with Gasteiger partial charge in [0.1, 0.15) is 11.6 Å². The van der Waals surface area contributed by atoms with Crippen molar-refractivity contribution < 1.29 is 9.53 Å². The minimum Gasteiger partial charge on any atom is -0.382 e. The predicted molar refractivity (Wildman–Crippen MR) is 141 cm³/mol. The van der Waals surface area contributed by atoms with E-state index < -0.39 is 5.91 Å². The number of rotatable bonds is 7. The SMILES string of the molecule is COCc1cc(Cl)ccc1NCc1nc(NC(=O)c2nc(N)c3sccc3n2)cc2ccccc12. The molecule has 3 aromatic heterocycles. The van der Waals surface area contributed by atoms with E-state index in [0.717, 1.165) is 32.4 Å². The second-order valence-corrected chi connectivity index (χ2v) is 9.14. The Balaban J connectivity index is 1.44. The Morgan fingerprint density at radius 3 is 2.83 bits per heavy atom. The number of halogens is 1. The van der Waals surface area contributed by atoms with Gasteiger partial charge in [0.2, 0.25) is 5.82 Å². The second kappa shape index (κ2) is 9.83. The van der Waals surface area contributed by atoms with E-state index in [-0.39, 0.29) is 11.6 Å². The maximum Gasteiger partial charge on any atom is 0.294 e. The number of nitrogens with one attached hydrogen (secondary N) is 2. The number of carbonyl (C=O) groups excluding carboxylic acids is 1. The number of nitrogens with zero attached hydrogens (tertiary/aromatic N) is 3. The van der Waals surface area contributed by atoms with Crippen LogP contribution in [0.15, 0.2) is 60.0 Å². The van der Waals surface area contributed by atoms with Crippen molar-refractivity contribution >= 4 is 67.2 Å². The van der Waals surface area contributed by atoms with Crippen LogP contribution in [0.4, 0.5) is 17.3 Å². The number of hydrogen-bond acceptors (Lipinski definition) is 8. The highest BCUT2D eigenvalue weighted by molar-refractivity contribution is 7.17. The number of aromatic nitrogens is 3. The van der Waals surface area contributed by atoms with Crippen molar-refractivity contribution in [1.82, 2.24) is 15.0 Å². The molecular formula is C25H21ClN6O2S. The highest BCUT2D eigenvalue weighted by atomic mass is 35.5. The van der Waals surface area contributed by atoms with Gasteiger partial charge in [0.15, 0.2) is 0 Å². The van der Waals surface area contributed by atoms with Gasteiger partial charge in [-0.3, -0.25) is 4.79 Å². The summed E-state index contributed by atoms with van der Waals surface area (Å²) in [6.45, 7) is 0.845. The summed E-state index contributed by atoms with van der Waals surface area (Å²) in [5, 5.41) is 10.7. The molecule has 0 spiro atoms. The van der Waals surface area contributed by atoms with Gasteiger partial charge >= 0.3 is 0 Å². The lowest BCUT2D eigenvalue weighted by molar-refractivity contribution is 0.101. The number of nitrogens with two attached hydrogens (primary N) is 1. The van der Waals surface area contributed by atoms with Gasteiger partial charge in [-0.2, -0.15) is 0 Å². The maximum absolute atomic E-state index is 12.9. The van der Waals surface area contributed by atoms with E-state index in [0.29, 0.717) is 29.5 Å². The molecule has 0 bridgehead atoms. The number of ether oxygens (including phenoxy) is 1. The van der Waals surface area contributed by atoms with Crippen molar-refractivity contribution in [2.24, 2.45) is 0 Å². The molecule has 0 radical (unpaired) electrons. The number of benzene rings is 2. The first-order valence-electron chi connectivity index (χ1n) is 10.7. The molecule has 0 aliphatic heterocycles.